The fourth-order valence-electron chi connectivity index (χ4n) is 0.696. The third-order valence-electron chi connectivity index (χ3n) is 1.25. The van der Waals surface area contributed by atoms with Crippen LogP contribution in [0.25, 0.3) is 0 Å². The van der Waals surface area contributed by atoms with Crippen molar-refractivity contribution in [1.82, 2.24) is 5.09 Å². The van der Waals surface area contributed by atoms with Crippen LogP contribution < -0.4 is 5.09 Å². The number of nitrogens with zero attached hydrogens (tertiary/aromatic N) is 1. The van der Waals surface area contributed by atoms with Crippen molar-refractivity contribution < 1.29 is 4.52 Å². The lowest BCUT2D eigenvalue weighted by Crippen LogP contribution is -2.08. The normalized spacial score (nSPS) is 15.6. The lowest BCUT2D eigenvalue weighted by Gasteiger charge is -2.19. The third kappa shape index (κ3) is 6.82. The summed E-state index contributed by atoms with van der Waals surface area (Å²) in [6.45, 7) is 7.51. The van der Waals surface area contributed by atoms with Crippen LogP contribution in [0.4, 0.5) is 0 Å². The minimum atomic E-state index is -1.91. The Labute approximate surface area is 96.0 Å². The molecule has 0 saturated carbocycles. The van der Waals surface area contributed by atoms with E-state index in [1.54, 1.807) is 17.7 Å². The summed E-state index contributed by atoms with van der Waals surface area (Å²) in [7, 11) is 0. The predicted octanol–water partition coefficient (Wildman–Crippen LogP) is 3.03. The summed E-state index contributed by atoms with van der Waals surface area (Å²) < 4.78 is 5.56. The van der Waals surface area contributed by atoms with E-state index >= 15 is 0 Å². The summed E-state index contributed by atoms with van der Waals surface area (Å²) in [6, 6.07) is 0. The molecule has 0 amide bonds. The predicted molar refractivity (Wildman–Crippen MR) is 70.8 cm³/mol. The molecular formula is C8H19N2OPS2. The van der Waals surface area contributed by atoms with E-state index in [1.807, 2.05) is 13.8 Å². The molecule has 0 fully saturated rings. The van der Waals surface area contributed by atoms with Crippen molar-refractivity contribution in [2.24, 2.45) is 4.99 Å². The van der Waals surface area contributed by atoms with E-state index in [0.717, 1.165) is 18.7 Å². The zero-order valence-corrected chi connectivity index (χ0v) is 11.6. The van der Waals surface area contributed by atoms with Gasteiger partial charge in [-0.15, -0.1) is 0 Å². The fourth-order valence-corrected chi connectivity index (χ4v) is 5.21. The summed E-state index contributed by atoms with van der Waals surface area (Å²) >= 11 is 7.13. The average Bonchev–Trinajstić information content (AvgIpc) is 2.16. The number of nitrogens with one attached hydrogen (secondary N) is 1. The Morgan fingerprint density at radius 2 is 2.21 bits per heavy atom. The molecule has 0 saturated heterocycles. The molecule has 0 aromatic rings. The Kier molecular flexibility index (Phi) is 8.98. The van der Waals surface area contributed by atoms with Crippen molar-refractivity contribution in [3.63, 3.8) is 0 Å². The van der Waals surface area contributed by atoms with E-state index in [1.165, 1.54) is 0 Å². The lowest BCUT2D eigenvalue weighted by molar-refractivity contribution is 0.383. The maximum absolute atomic E-state index is 5.56. The first kappa shape index (κ1) is 14.4. The Morgan fingerprint density at radius 3 is 2.71 bits per heavy atom. The van der Waals surface area contributed by atoms with Crippen LogP contribution in [0, 0.1) is 0 Å². The minimum absolute atomic E-state index is 0.654. The molecule has 0 aromatic carbocycles. The average molecular weight is 254 g/mol. The van der Waals surface area contributed by atoms with Crippen molar-refractivity contribution in [2.45, 2.75) is 27.2 Å². The molecule has 3 nitrogen and oxygen atoms in total. The Morgan fingerprint density at radius 1 is 1.50 bits per heavy atom. The second-order valence-electron chi connectivity index (χ2n) is 2.51. The SMILES string of the molecule is CCCSP(=S)(N/C=N/CC)OCC. The molecule has 0 aromatic heterocycles. The fraction of sp³-hybridized carbons (Fsp3) is 0.875. The van der Waals surface area contributed by atoms with E-state index in [4.69, 9.17) is 16.3 Å². The van der Waals surface area contributed by atoms with Gasteiger partial charge >= 0.3 is 0 Å². The molecule has 0 aliphatic carbocycles. The number of rotatable bonds is 8. The molecule has 0 rings (SSSR count). The summed E-state index contributed by atoms with van der Waals surface area (Å²) in [4.78, 5) is 4.08. The zero-order chi connectivity index (χ0) is 10.9. The van der Waals surface area contributed by atoms with Crippen LogP contribution in [0.5, 0.6) is 0 Å². The first-order valence-electron chi connectivity index (χ1n) is 4.83. The van der Waals surface area contributed by atoms with E-state index < -0.39 is 5.62 Å². The van der Waals surface area contributed by atoms with Gasteiger partial charge in [0, 0.05) is 12.3 Å². The van der Waals surface area contributed by atoms with Crippen LogP contribution in [-0.4, -0.2) is 25.2 Å². The van der Waals surface area contributed by atoms with Gasteiger partial charge in [0.1, 0.15) is 0 Å². The largest absolute Gasteiger partial charge is 0.327 e. The third-order valence-corrected chi connectivity index (χ3v) is 7.00. The maximum Gasteiger partial charge on any atom is 0.211 e. The highest BCUT2D eigenvalue weighted by Gasteiger charge is 2.15. The van der Waals surface area contributed by atoms with Gasteiger partial charge in [0.05, 0.1) is 12.9 Å². The smallest absolute Gasteiger partial charge is 0.211 e. The lowest BCUT2D eigenvalue weighted by atomic mass is 10.6. The molecule has 0 spiro atoms. The summed E-state index contributed by atoms with van der Waals surface area (Å²) in [5, 5.41) is 3.11. The Bertz CT molecular complexity index is 212. The molecule has 0 aliphatic rings. The molecule has 0 aliphatic heterocycles. The van der Waals surface area contributed by atoms with Crippen LogP contribution in [0.15, 0.2) is 4.99 Å². The van der Waals surface area contributed by atoms with E-state index in [-0.39, 0.29) is 0 Å². The summed E-state index contributed by atoms with van der Waals surface area (Å²) in [6.07, 6.45) is 2.79. The van der Waals surface area contributed by atoms with E-state index in [2.05, 4.69) is 17.0 Å². The molecule has 6 heteroatoms. The highest BCUT2D eigenvalue weighted by molar-refractivity contribution is 8.68. The first-order valence-corrected chi connectivity index (χ1v) is 9.14. The van der Waals surface area contributed by atoms with Crippen LogP contribution in [0.1, 0.15) is 27.2 Å². The van der Waals surface area contributed by atoms with Crippen molar-refractivity contribution in [3.8, 4) is 0 Å². The molecule has 1 atom stereocenters. The number of hydrogen-bond acceptors (Lipinski definition) is 4. The van der Waals surface area contributed by atoms with Crippen molar-refractivity contribution >= 4 is 35.1 Å². The molecule has 0 radical (unpaired) electrons. The molecule has 1 unspecified atom stereocenters. The summed E-state index contributed by atoms with van der Waals surface area (Å²) in [5.74, 6) is 1.03. The molecule has 84 valence electrons. The van der Waals surface area contributed by atoms with Gasteiger partial charge in [-0.1, -0.05) is 18.3 Å². The van der Waals surface area contributed by atoms with E-state index in [9.17, 15) is 0 Å². The molecular weight excluding hydrogens is 235 g/mol. The first-order chi connectivity index (χ1) is 6.68. The van der Waals surface area contributed by atoms with Gasteiger partial charge in [0.25, 0.3) is 0 Å². The Balaban J connectivity index is 4.09. The van der Waals surface area contributed by atoms with Gasteiger partial charge in [-0.05, 0) is 32.1 Å². The number of aliphatic imine (C=N–C) groups is 1. The van der Waals surface area contributed by atoms with Crippen molar-refractivity contribution in [1.29, 1.82) is 0 Å². The second-order valence-corrected chi connectivity index (χ2v) is 9.24. The van der Waals surface area contributed by atoms with E-state index in [0.29, 0.717) is 6.61 Å². The van der Waals surface area contributed by atoms with Gasteiger partial charge in [0.15, 0.2) is 0 Å². The molecule has 14 heavy (non-hydrogen) atoms. The molecule has 1 N–H and O–H groups in total. The van der Waals surface area contributed by atoms with Gasteiger partial charge in [-0.2, -0.15) is 0 Å². The van der Waals surface area contributed by atoms with Crippen LogP contribution >= 0.6 is 17.0 Å². The van der Waals surface area contributed by atoms with Crippen molar-refractivity contribution in [2.75, 3.05) is 18.9 Å². The van der Waals surface area contributed by atoms with Crippen molar-refractivity contribution in [3.05, 3.63) is 0 Å². The monoisotopic (exact) mass is 254 g/mol. The maximum atomic E-state index is 5.56. The Hall–Kier alpha value is 0.430. The summed E-state index contributed by atoms with van der Waals surface area (Å²) in [5.41, 5.74) is -1.91. The minimum Gasteiger partial charge on any atom is -0.327 e. The topological polar surface area (TPSA) is 33.6 Å². The quantitative estimate of drug-likeness (QED) is 0.410. The number of hydrogen-bond donors (Lipinski definition) is 1. The zero-order valence-electron chi connectivity index (χ0n) is 9.02. The van der Waals surface area contributed by atoms with Crippen LogP contribution in [0.2, 0.25) is 0 Å². The van der Waals surface area contributed by atoms with Gasteiger partial charge in [-0.3, -0.25) is 4.99 Å². The standard InChI is InChI=1S/C8H19N2OPS2/c1-4-7-14-12(13,11-6-3)10-8-9-5-2/h8H,4-7H2,1-3H3,(H,9,10,13). The molecule has 0 heterocycles. The van der Waals surface area contributed by atoms with Crippen LogP contribution in [0.3, 0.4) is 0 Å². The highest BCUT2D eigenvalue weighted by Crippen LogP contribution is 2.55. The van der Waals surface area contributed by atoms with Gasteiger partial charge in [-0.25, -0.2) is 0 Å². The van der Waals surface area contributed by atoms with Crippen LogP contribution in [-0.2, 0) is 16.3 Å². The highest BCUT2D eigenvalue weighted by atomic mass is 32.9. The molecule has 0 bridgehead atoms. The van der Waals surface area contributed by atoms with Gasteiger partial charge in [0.2, 0.25) is 5.62 Å². The van der Waals surface area contributed by atoms with Gasteiger partial charge < -0.3 is 9.61 Å². The second kappa shape index (κ2) is 8.72.